The van der Waals surface area contributed by atoms with E-state index in [2.05, 4.69) is 20.8 Å². The van der Waals surface area contributed by atoms with Gasteiger partial charge in [-0.3, -0.25) is 4.79 Å². The third-order valence-corrected chi connectivity index (χ3v) is 3.97. The minimum Gasteiger partial charge on any atom is -0.495 e. The zero-order chi connectivity index (χ0) is 18.5. The van der Waals surface area contributed by atoms with Gasteiger partial charge in [-0.15, -0.1) is 10.2 Å². The van der Waals surface area contributed by atoms with Gasteiger partial charge in [-0.25, -0.2) is 0 Å². The molecule has 6 nitrogen and oxygen atoms in total. The highest BCUT2D eigenvalue weighted by molar-refractivity contribution is 6.33. The van der Waals surface area contributed by atoms with E-state index in [4.69, 9.17) is 16.3 Å². The van der Waals surface area contributed by atoms with Crippen molar-refractivity contribution in [3.63, 3.8) is 0 Å². The predicted octanol–water partition coefficient (Wildman–Crippen LogP) is 4.44. The van der Waals surface area contributed by atoms with E-state index in [9.17, 15) is 4.79 Å². The number of para-hydroxylation sites is 1. The lowest BCUT2D eigenvalue weighted by molar-refractivity contribution is 0.102. The smallest absolute Gasteiger partial charge is 0.276 e. The fraction of sp³-hybridized carbons (Fsp3) is 0.105. The second-order valence-corrected chi connectivity index (χ2v) is 5.97. The van der Waals surface area contributed by atoms with Gasteiger partial charge >= 0.3 is 0 Å². The Balaban J connectivity index is 1.73. The molecule has 0 saturated carbocycles. The van der Waals surface area contributed by atoms with E-state index < -0.39 is 0 Å². The van der Waals surface area contributed by atoms with Crippen LogP contribution in [0.3, 0.4) is 0 Å². The Morgan fingerprint density at radius 2 is 1.85 bits per heavy atom. The maximum atomic E-state index is 12.4. The van der Waals surface area contributed by atoms with Crippen molar-refractivity contribution >= 4 is 34.7 Å². The molecule has 0 bridgehead atoms. The maximum Gasteiger partial charge on any atom is 0.276 e. The first kappa shape index (κ1) is 17.7. The van der Waals surface area contributed by atoms with Gasteiger partial charge in [-0.1, -0.05) is 29.8 Å². The Morgan fingerprint density at radius 3 is 2.54 bits per heavy atom. The van der Waals surface area contributed by atoms with Gasteiger partial charge in [-0.05, 0) is 48.9 Å². The summed E-state index contributed by atoms with van der Waals surface area (Å²) >= 11 is 6.10. The molecule has 1 heterocycles. The lowest BCUT2D eigenvalue weighted by atomic mass is 10.2. The third-order valence-electron chi connectivity index (χ3n) is 3.64. The molecule has 26 heavy (non-hydrogen) atoms. The molecule has 0 fully saturated rings. The largest absolute Gasteiger partial charge is 0.495 e. The molecule has 0 aliphatic rings. The topological polar surface area (TPSA) is 76.1 Å². The molecule has 0 spiro atoms. The normalized spacial score (nSPS) is 10.3. The van der Waals surface area contributed by atoms with E-state index >= 15 is 0 Å². The standard InChI is InChI=1S/C19H17ClN4O2/c1-12-7-9-17(26-2)16(11-12)22-19(25)15-8-10-18(24-23-15)21-14-6-4-3-5-13(14)20/h3-11H,1-2H3,(H,21,24)(H,22,25). The average molecular weight is 369 g/mol. The molecule has 2 N–H and O–H groups in total. The summed E-state index contributed by atoms with van der Waals surface area (Å²) in [6.07, 6.45) is 0. The van der Waals surface area contributed by atoms with Gasteiger partial charge < -0.3 is 15.4 Å². The van der Waals surface area contributed by atoms with Crippen molar-refractivity contribution in [3.8, 4) is 5.75 Å². The van der Waals surface area contributed by atoms with Crippen LogP contribution in [0.4, 0.5) is 17.2 Å². The summed E-state index contributed by atoms with van der Waals surface area (Å²) in [5, 5.41) is 14.4. The van der Waals surface area contributed by atoms with Crippen molar-refractivity contribution in [1.29, 1.82) is 0 Å². The number of carbonyl (C=O) groups excluding carboxylic acids is 1. The first-order chi connectivity index (χ1) is 12.6. The average Bonchev–Trinajstić information content (AvgIpc) is 2.64. The highest BCUT2D eigenvalue weighted by Crippen LogP contribution is 2.26. The van der Waals surface area contributed by atoms with Gasteiger partial charge in [0.15, 0.2) is 11.5 Å². The Hall–Kier alpha value is -3.12. The highest BCUT2D eigenvalue weighted by Gasteiger charge is 2.12. The van der Waals surface area contributed by atoms with Crippen molar-refractivity contribution in [2.24, 2.45) is 0 Å². The second kappa shape index (κ2) is 7.84. The molecule has 3 aromatic rings. The number of halogens is 1. The van der Waals surface area contributed by atoms with Crippen molar-refractivity contribution in [3.05, 3.63) is 70.9 Å². The number of nitrogens with one attached hydrogen (secondary N) is 2. The molecule has 0 saturated heterocycles. The minimum atomic E-state index is -0.370. The Bertz CT molecular complexity index is 929. The van der Waals surface area contributed by atoms with E-state index in [1.165, 1.54) is 0 Å². The van der Waals surface area contributed by atoms with Gasteiger partial charge in [0.25, 0.3) is 5.91 Å². The van der Waals surface area contributed by atoms with Gasteiger partial charge in [0.1, 0.15) is 5.75 Å². The Morgan fingerprint density at radius 1 is 1.04 bits per heavy atom. The number of amides is 1. The fourth-order valence-electron chi connectivity index (χ4n) is 2.33. The van der Waals surface area contributed by atoms with Crippen LogP contribution in [0.5, 0.6) is 5.75 Å². The van der Waals surface area contributed by atoms with Crippen LogP contribution in [-0.4, -0.2) is 23.2 Å². The molecular formula is C19H17ClN4O2. The summed E-state index contributed by atoms with van der Waals surface area (Å²) in [6, 6.07) is 16.1. The number of rotatable bonds is 5. The monoisotopic (exact) mass is 368 g/mol. The third kappa shape index (κ3) is 4.10. The molecule has 0 aliphatic carbocycles. The zero-order valence-corrected chi connectivity index (χ0v) is 15.0. The molecule has 0 aliphatic heterocycles. The quantitative estimate of drug-likeness (QED) is 0.696. The van der Waals surface area contributed by atoms with Crippen molar-refractivity contribution < 1.29 is 9.53 Å². The molecule has 0 atom stereocenters. The summed E-state index contributed by atoms with van der Waals surface area (Å²) in [5.41, 5.74) is 2.49. The number of methoxy groups -OCH3 is 1. The number of nitrogens with zero attached hydrogens (tertiary/aromatic N) is 2. The predicted molar refractivity (Wildman–Crippen MR) is 102 cm³/mol. The van der Waals surface area contributed by atoms with Crippen molar-refractivity contribution in [2.75, 3.05) is 17.7 Å². The number of carbonyl (C=O) groups is 1. The van der Waals surface area contributed by atoms with Crippen LogP contribution in [0.2, 0.25) is 5.02 Å². The van der Waals surface area contributed by atoms with Crippen LogP contribution in [0, 0.1) is 6.92 Å². The minimum absolute atomic E-state index is 0.193. The Kier molecular flexibility index (Phi) is 5.34. The first-order valence-corrected chi connectivity index (χ1v) is 8.26. The number of benzene rings is 2. The van der Waals surface area contributed by atoms with E-state index in [1.54, 1.807) is 31.4 Å². The van der Waals surface area contributed by atoms with Gasteiger partial charge in [0.2, 0.25) is 0 Å². The number of aromatic nitrogens is 2. The summed E-state index contributed by atoms with van der Waals surface area (Å²) in [7, 11) is 1.55. The number of hydrogen-bond acceptors (Lipinski definition) is 5. The lowest BCUT2D eigenvalue weighted by Crippen LogP contribution is -2.15. The molecule has 132 valence electrons. The van der Waals surface area contributed by atoms with E-state index in [1.807, 2.05) is 37.3 Å². The molecule has 7 heteroatoms. The number of ether oxygens (including phenoxy) is 1. The SMILES string of the molecule is COc1ccc(C)cc1NC(=O)c1ccc(Nc2ccccc2Cl)nn1. The van der Waals surface area contributed by atoms with Crippen molar-refractivity contribution in [2.45, 2.75) is 6.92 Å². The number of anilines is 3. The van der Waals surface area contributed by atoms with Crippen LogP contribution in [0.1, 0.15) is 16.1 Å². The number of hydrogen-bond donors (Lipinski definition) is 2. The lowest BCUT2D eigenvalue weighted by Gasteiger charge is -2.11. The molecule has 0 unspecified atom stereocenters. The summed E-state index contributed by atoms with van der Waals surface area (Å²) < 4.78 is 5.26. The van der Waals surface area contributed by atoms with Gasteiger partial charge in [0.05, 0.1) is 23.5 Å². The molecular weight excluding hydrogens is 352 g/mol. The van der Waals surface area contributed by atoms with Crippen LogP contribution in [0.15, 0.2) is 54.6 Å². The molecule has 1 aromatic heterocycles. The maximum absolute atomic E-state index is 12.4. The molecule has 3 rings (SSSR count). The molecule has 2 aromatic carbocycles. The zero-order valence-electron chi connectivity index (χ0n) is 14.3. The van der Waals surface area contributed by atoms with Crippen LogP contribution in [0.25, 0.3) is 0 Å². The molecule has 1 amide bonds. The Labute approximate surface area is 156 Å². The highest BCUT2D eigenvalue weighted by atomic mass is 35.5. The van der Waals surface area contributed by atoms with Crippen molar-refractivity contribution in [1.82, 2.24) is 10.2 Å². The number of aryl methyl sites for hydroxylation is 1. The second-order valence-electron chi connectivity index (χ2n) is 5.57. The van der Waals surface area contributed by atoms with E-state index in [0.29, 0.717) is 28.0 Å². The van der Waals surface area contributed by atoms with Crippen LogP contribution in [-0.2, 0) is 0 Å². The summed E-state index contributed by atoms with van der Waals surface area (Å²) in [6.45, 7) is 1.93. The fourth-order valence-corrected chi connectivity index (χ4v) is 2.51. The van der Waals surface area contributed by atoms with Gasteiger partial charge in [0, 0.05) is 0 Å². The van der Waals surface area contributed by atoms with E-state index in [0.717, 1.165) is 5.56 Å². The molecule has 0 radical (unpaired) electrons. The summed E-state index contributed by atoms with van der Waals surface area (Å²) in [5.74, 6) is 0.697. The van der Waals surface area contributed by atoms with Gasteiger partial charge in [-0.2, -0.15) is 0 Å². The first-order valence-electron chi connectivity index (χ1n) is 7.88. The van der Waals surface area contributed by atoms with Crippen LogP contribution >= 0.6 is 11.6 Å². The van der Waals surface area contributed by atoms with E-state index in [-0.39, 0.29) is 11.6 Å². The summed E-state index contributed by atoms with van der Waals surface area (Å²) in [4.78, 5) is 12.4. The van der Waals surface area contributed by atoms with Crippen LogP contribution < -0.4 is 15.4 Å².